The third kappa shape index (κ3) is 6.53. The van der Waals surface area contributed by atoms with Crippen LogP contribution < -0.4 is 10.6 Å². The highest BCUT2D eigenvalue weighted by molar-refractivity contribution is 5.92. The zero-order valence-corrected chi connectivity index (χ0v) is 29.3. The van der Waals surface area contributed by atoms with Gasteiger partial charge in [0.25, 0.3) is 0 Å². The van der Waals surface area contributed by atoms with Crippen LogP contribution in [0.5, 0.6) is 0 Å². The number of piperidine rings is 1. The maximum absolute atomic E-state index is 13.9. The summed E-state index contributed by atoms with van der Waals surface area (Å²) in [4.78, 5) is 38.1. The van der Waals surface area contributed by atoms with Crippen molar-refractivity contribution in [3.8, 4) is 22.5 Å². The van der Waals surface area contributed by atoms with Crippen LogP contribution >= 0.6 is 0 Å². The number of nitrogens with zero attached hydrogens (tertiary/aromatic N) is 4. The van der Waals surface area contributed by atoms with Gasteiger partial charge in [0.1, 0.15) is 0 Å². The van der Waals surface area contributed by atoms with E-state index < -0.39 is 53.6 Å². The number of hydrogen-bond donors (Lipinski definition) is 2. The highest BCUT2D eigenvalue weighted by atomic mass is 19.4. The molecule has 4 aliphatic rings. The zero-order valence-electron chi connectivity index (χ0n) is 29.3. The number of pyridine rings is 2. The third-order valence-electron chi connectivity index (χ3n) is 11.8. The fourth-order valence-corrected chi connectivity index (χ4v) is 8.80. The van der Waals surface area contributed by atoms with E-state index >= 15 is 0 Å². The molecule has 8 nitrogen and oxygen atoms in total. The SMILES string of the molecule is Cc1ccc(NC(=O)N2CCC[C@H]3C(C(F)(F)F)[C@H]32)cc1-c1cc(Cc2ccc(NC(=O)N3C[C@@H]4CC[C@]4(C(F)(F)F)C3)cc2-c2ccccn2)ccn1. The molecule has 282 valence electrons. The molecule has 2 saturated heterocycles. The quantitative estimate of drug-likeness (QED) is 0.193. The number of benzene rings is 2. The van der Waals surface area contributed by atoms with Gasteiger partial charge in [0.2, 0.25) is 0 Å². The number of carbonyl (C=O) groups excluding carboxylic acids is 2. The van der Waals surface area contributed by atoms with Gasteiger partial charge in [0, 0.05) is 60.6 Å². The molecule has 14 heteroatoms. The maximum atomic E-state index is 13.9. The fraction of sp³-hybridized carbons (Fsp3) is 0.400. The minimum atomic E-state index is -4.36. The Hall–Kier alpha value is -5.14. The number of aromatic nitrogens is 2. The molecule has 8 rings (SSSR count). The van der Waals surface area contributed by atoms with E-state index in [1.54, 1.807) is 42.7 Å². The van der Waals surface area contributed by atoms with E-state index in [1.807, 2.05) is 43.3 Å². The summed E-state index contributed by atoms with van der Waals surface area (Å²) in [6, 6.07) is 18.0. The lowest BCUT2D eigenvalue weighted by Crippen LogP contribution is -2.51. The molecule has 5 atom stereocenters. The molecule has 2 N–H and O–H groups in total. The van der Waals surface area contributed by atoms with Crippen molar-refractivity contribution in [2.45, 2.75) is 57.4 Å². The topological polar surface area (TPSA) is 90.5 Å². The Morgan fingerprint density at radius 3 is 2.28 bits per heavy atom. The Labute approximate surface area is 308 Å². The Balaban J connectivity index is 1.00. The van der Waals surface area contributed by atoms with Crippen LogP contribution in [0.4, 0.5) is 47.3 Å². The van der Waals surface area contributed by atoms with Gasteiger partial charge < -0.3 is 20.4 Å². The number of amides is 4. The molecule has 4 amide bonds. The highest BCUT2D eigenvalue weighted by Crippen LogP contribution is 2.61. The summed E-state index contributed by atoms with van der Waals surface area (Å²) in [5.74, 6) is -2.60. The van der Waals surface area contributed by atoms with E-state index in [0.717, 1.165) is 27.8 Å². The molecular formula is C40H38F6N6O2. The first-order valence-electron chi connectivity index (χ1n) is 18.1. The van der Waals surface area contributed by atoms with Gasteiger partial charge in [-0.15, -0.1) is 0 Å². The summed E-state index contributed by atoms with van der Waals surface area (Å²) in [6.07, 6.45) is -3.42. The first-order chi connectivity index (χ1) is 25.7. The van der Waals surface area contributed by atoms with Crippen molar-refractivity contribution in [3.05, 3.63) is 95.8 Å². The Morgan fingerprint density at radius 2 is 1.59 bits per heavy atom. The summed E-state index contributed by atoms with van der Waals surface area (Å²) >= 11 is 0. The van der Waals surface area contributed by atoms with Crippen molar-refractivity contribution < 1.29 is 35.9 Å². The van der Waals surface area contributed by atoms with Crippen molar-refractivity contribution in [2.24, 2.45) is 23.2 Å². The number of urea groups is 2. The van der Waals surface area contributed by atoms with E-state index in [0.29, 0.717) is 48.4 Å². The molecule has 4 fully saturated rings. The molecule has 0 bridgehead atoms. The van der Waals surface area contributed by atoms with Crippen molar-refractivity contribution in [1.82, 2.24) is 19.8 Å². The van der Waals surface area contributed by atoms with E-state index in [-0.39, 0.29) is 26.1 Å². The fourth-order valence-electron chi connectivity index (χ4n) is 8.80. The van der Waals surface area contributed by atoms with E-state index in [2.05, 4.69) is 20.6 Å². The van der Waals surface area contributed by atoms with Crippen LogP contribution in [0.25, 0.3) is 22.5 Å². The lowest BCUT2D eigenvalue weighted by molar-refractivity contribution is -0.259. The van der Waals surface area contributed by atoms with Crippen LogP contribution in [-0.2, 0) is 6.42 Å². The van der Waals surface area contributed by atoms with Gasteiger partial charge in [-0.2, -0.15) is 26.3 Å². The molecule has 2 saturated carbocycles. The molecule has 4 heterocycles. The number of rotatable bonds is 6. The normalized spacial score (nSPS) is 24.6. The molecule has 54 heavy (non-hydrogen) atoms. The maximum Gasteiger partial charge on any atom is 0.396 e. The molecule has 0 radical (unpaired) electrons. The number of halogens is 6. The van der Waals surface area contributed by atoms with Gasteiger partial charge in [0.05, 0.1) is 22.7 Å². The van der Waals surface area contributed by atoms with Gasteiger partial charge >= 0.3 is 24.4 Å². The second kappa shape index (κ2) is 13.3. The largest absolute Gasteiger partial charge is 0.396 e. The van der Waals surface area contributed by atoms with Crippen molar-refractivity contribution in [1.29, 1.82) is 0 Å². The number of anilines is 2. The number of carbonyl (C=O) groups is 2. The van der Waals surface area contributed by atoms with Crippen molar-refractivity contribution >= 4 is 23.4 Å². The van der Waals surface area contributed by atoms with Crippen molar-refractivity contribution in [3.63, 3.8) is 0 Å². The molecule has 2 aliphatic heterocycles. The van der Waals surface area contributed by atoms with Crippen LogP contribution in [0.1, 0.15) is 42.4 Å². The lowest BCUT2D eigenvalue weighted by Gasteiger charge is -2.44. The average molecular weight is 749 g/mol. The van der Waals surface area contributed by atoms with E-state index in [1.165, 1.54) is 9.80 Å². The van der Waals surface area contributed by atoms with Gasteiger partial charge in [-0.1, -0.05) is 18.2 Å². The summed E-state index contributed by atoms with van der Waals surface area (Å²) in [6.45, 7) is 1.90. The summed E-state index contributed by atoms with van der Waals surface area (Å²) in [5, 5.41) is 5.62. The monoisotopic (exact) mass is 748 g/mol. The first-order valence-corrected chi connectivity index (χ1v) is 18.1. The van der Waals surface area contributed by atoms with Crippen LogP contribution in [0, 0.1) is 30.1 Å². The standard InChI is InChI=1S/C40H38F6N6O2/c1-23-7-9-27(50-37(54)52-16-4-5-29-34(35(29)52)39(41,42)43)19-30(23)33-18-24(12-15-48-33)17-25-8-10-28(20-31(25)32-6-2-3-14-47-32)49-36(53)51-21-26-11-13-38(26,22-51)40(44,45)46/h2-3,6-10,12,14-15,18-20,26,29,34-35H,4-5,11,13,16-17,21-22H2,1H3,(H,49,53)(H,50,54)/t26-,29-,34?,35-,38-/m0/s1. The van der Waals surface area contributed by atoms with Crippen LogP contribution in [0.3, 0.4) is 0 Å². The Bertz CT molecular complexity index is 2090. The third-order valence-corrected chi connectivity index (χ3v) is 11.8. The summed E-state index contributed by atoms with van der Waals surface area (Å²) in [5.41, 5.74) is 4.51. The highest BCUT2D eigenvalue weighted by Gasteiger charge is 2.69. The van der Waals surface area contributed by atoms with Gasteiger partial charge in [-0.05, 0) is 116 Å². The predicted molar refractivity (Wildman–Crippen MR) is 190 cm³/mol. The number of hydrogen-bond acceptors (Lipinski definition) is 4. The molecule has 2 aromatic heterocycles. The number of nitrogens with one attached hydrogen (secondary N) is 2. The lowest BCUT2D eigenvalue weighted by atomic mass is 9.61. The predicted octanol–water partition coefficient (Wildman–Crippen LogP) is 9.32. The summed E-state index contributed by atoms with van der Waals surface area (Å²) < 4.78 is 82.3. The van der Waals surface area contributed by atoms with E-state index in [4.69, 9.17) is 0 Å². The molecule has 2 aliphatic carbocycles. The molecule has 4 aromatic rings. The first kappa shape index (κ1) is 35.9. The molecule has 2 aromatic carbocycles. The average Bonchev–Trinajstić information content (AvgIpc) is 3.82. The Morgan fingerprint density at radius 1 is 0.852 bits per heavy atom. The summed E-state index contributed by atoms with van der Waals surface area (Å²) in [7, 11) is 0. The van der Waals surface area contributed by atoms with Crippen LogP contribution in [0.15, 0.2) is 79.1 Å². The zero-order chi connectivity index (χ0) is 38.0. The number of aryl methyl sites for hydroxylation is 1. The van der Waals surface area contributed by atoms with Gasteiger partial charge in [-0.3, -0.25) is 9.97 Å². The van der Waals surface area contributed by atoms with E-state index in [9.17, 15) is 35.9 Å². The number of fused-ring (bicyclic) bond motifs is 2. The van der Waals surface area contributed by atoms with Crippen LogP contribution in [0.2, 0.25) is 0 Å². The molecular weight excluding hydrogens is 710 g/mol. The molecule has 0 spiro atoms. The number of likely N-dealkylation sites (tertiary alicyclic amines) is 2. The minimum Gasteiger partial charge on any atom is -0.323 e. The second-order valence-electron chi connectivity index (χ2n) is 15.0. The van der Waals surface area contributed by atoms with Crippen molar-refractivity contribution in [2.75, 3.05) is 30.3 Å². The smallest absolute Gasteiger partial charge is 0.323 e. The Kier molecular flexibility index (Phi) is 8.84. The van der Waals surface area contributed by atoms with Crippen LogP contribution in [-0.4, -0.2) is 69.9 Å². The van der Waals surface area contributed by atoms with Gasteiger partial charge in [0.15, 0.2) is 0 Å². The number of alkyl halides is 6. The second-order valence-corrected chi connectivity index (χ2v) is 15.0. The van der Waals surface area contributed by atoms with Gasteiger partial charge in [-0.25, -0.2) is 9.59 Å². The molecule has 1 unspecified atom stereocenters. The minimum absolute atomic E-state index is 0.0376.